The van der Waals surface area contributed by atoms with Crippen LogP contribution in [-0.2, 0) is 28.7 Å². The summed E-state index contributed by atoms with van der Waals surface area (Å²) >= 11 is 2.62. The van der Waals surface area contributed by atoms with Crippen molar-refractivity contribution in [2.75, 3.05) is 11.9 Å². The molecule has 0 unspecified atom stereocenters. The maximum absolute atomic E-state index is 13.1. The van der Waals surface area contributed by atoms with E-state index in [4.69, 9.17) is 4.74 Å². The van der Waals surface area contributed by atoms with Gasteiger partial charge in [0.2, 0.25) is 5.91 Å². The lowest BCUT2D eigenvalue weighted by Gasteiger charge is -2.30. The van der Waals surface area contributed by atoms with Crippen LogP contribution in [0.15, 0.2) is 18.2 Å². The van der Waals surface area contributed by atoms with E-state index in [1.54, 1.807) is 25.7 Å². The molecule has 0 saturated heterocycles. The van der Waals surface area contributed by atoms with Gasteiger partial charge in [-0.05, 0) is 51.0 Å². The molecular formula is C22H22F3N3O3S2. The number of anilines is 1. The van der Waals surface area contributed by atoms with Gasteiger partial charge < -0.3 is 15.0 Å². The number of aromatic nitrogens is 1. The lowest BCUT2D eigenvalue weighted by molar-refractivity contribution is -0.137. The van der Waals surface area contributed by atoms with Crippen LogP contribution in [0.3, 0.4) is 0 Å². The van der Waals surface area contributed by atoms with Gasteiger partial charge in [0, 0.05) is 23.9 Å². The first-order chi connectivity index (χ1) is 15.3. The summed E-state index contributed by atoms with van der Waals surface area (Å²) < 4.78 is 45.5. The number of nitrogens with one attached hydrogen (secondary N) is 1. The van der Waals surface area contributed by atoms with Crippen molar-refractivity contribution in [3.8, 4) is 10.6 Å². The van der Waals surface area contributed by atoms with Gasteiger partial charge in [0.05, 0.1) is 22.3 Å². The van der Waals surface area contributed by atoms with E-state index in [9.17, 15) is 22.8 Å². The van der Waals surface area contributed by atoms with Crippen LogP contribution in [0.2, 0.25) is 0 Å². The Balaban J connectivity index is 1.73. The summed E-state index contributed by atoms with van der Waals surface area (Å²) in [6.45, 7) is 7.55. The number of carbonyl (C=O) groups is 2. The Bertz CT molecular complexity index is 1240. The topological polar surface area (TPSA) is 71.5 Å². The van der Waals surface area contributed by atoms with Gasteiger partial charge in [-0.15, -0.1) is 22.7 Å². The zero-order chi connectivity index (χ0) is 24.1. The first-order valence-electron chi connectivity index (χ1n) is 10.2. The zero-order valence-electron chi connectivity index (χ0n) is 18.4. The molecule has 0 radical (unpaired) electrons. The highest BCUT2D eigenvalue weighted by atomic mass is 32.1. The lowest BCUT2D eigenvalue weighted by Crippen LogP contribution is -2.39. The molecule has 0 atom stereocenters. The average Bonchev–Trinajstić information content (AvgIpc) is 3.24. The molecule has 1 aliphatic rings. The van der Waals surface area contributed by atoms with Crippen LogP contribution >= 0.6 is 22.7 Å². The Morgan fingerprint density at radius 1 is 1.18 bits per heavy atom. The quantitative estimate of drug-likeness (QED) is 0.451. The molecule has 0 bridgehead atoms. The van der Waals surface area contributed by atoms with Crippen LogP contribution in [0.4, 0.5) is 23.0 Å². The molecule has 4 rings (SSSR count). The minimum absolute atomic E-state index is 0.254. The van der Waals surface area contributed by atoms with Crippen molar-refractivity contribution in [2.24, 2.45) is 0 Å². The third-order valence-corrected chi connectivity index (χ3v) is 7.11. The Morgan fingerprint density at radius 3 is 2.55 bits per heavy atom. The molecule has 3 heterocycles. The lowest BCUT2D eigenvalue weighted by atomic mass is 10.0. The zero-order valence-corrected chi connectivity index (χ0v) is 20.1. The van der Waals surface area contributed by atoms with Crippen LogP contribution in [0.5, 0.6) is 0 Å². The molecular weight excluding hydrogens is 475 g/mol. The largest absolute Gasteiger partial charge is 0.444 e. The second-order valence-electron chi connectivity index (χ2n) is 8.74. The molecule has 1 N–H and O–H groups in total. The van der Waals surface area contributed by atoms with Crippen LogP contribution in [0.25, 0.3) is 20.8 Å². The Morgan fingerprint density at radius 2 is 1.91 bits per heavy atom. The van der Waals surface area contributed by atoms with Crippen molar-refractivity contribution in [1.82, 2.24) is 9.88 Å². The fourth-order valence-corrected chi connectivity index (χ4v) is 5.97. The van der Waals surface area contributed by atoms with Gasteiger partial charge in [0.15, 0.2) is 0 Å². The highest BCUT2D eigenvalue weighted by molar-refractivity contribution is 7.23. The van der Waals surface area contributed by atoms with Gasteiger partial charge in [0.1, 0.15) is 15.6 Å². The molecule has 3 aromatic rings. The number of thiazole rings is 1. The average molecular weight is 498 g/mol. The Hall–Kier alpha value is -2.66. The number of alkyl halides is 3. The fraction of sp³-hybridized carbons (Fsp3) is 0.409. The molecule has 2 aromatic heterocycles. The van der Waals surface area contributed by atoms with Crippen molar-refractivity contribution in [3.05, 3.63) is 34.2 Å². The monoisotopic (exact) mass is 497 g/mol. The van der Waals surface area contributed by atoms with Crippen molar-refractivity contribution in [1.29, 1.82) is 0 Å². The number of amides is 2. The fourth-order valence-electron chi connectivity index (χ4n) is 3.57. The summed E-state index contributed by atoms with van der Waals surface area (Å²) in [5.41, 5.74) is 0.539. The molecule has 6 nitrogen and oxygen atoms in total. The first-order valence-corrected chi connectivity index (χ1v) is 11.8. The van der Waals surface area contributed by atoms with Crippen molar-refractivity contribution in [2.45, 2.75) is 52.4 Å². The van der Waals surface area contributed by atoms with E-state index in [1.165, 1.54) is 35.7 Å². The van der Waals surface area contributed by atoms with Gasteiger partial charge in [-0.25, -0.2) is 9.78 Å². The molecule has 176 valence electrons. The number of halogens is 3. The number of thiophene rings is 1. The third kappa shape index (κ3) is 4.98. The summed E-state index contributed by atoms with van der Waals surface area (Å²) in [6, 6.07) is 3.50. The van der Waals surface area contributed by atoms with Crippen LogP contribution in [0.1, 0.15) is 43.7 Å². The number of rotatable bonds is 2. The van der Waals surface area contributed by atoms with Gasteiger partial charge in [-0.1, -0.05) is 0 Å². The number of ether oxygens (including phenoxy) is 1. The van der Waals surface area contributed by atoms with E-state index in [2.05, 4.69) is 10.3 Å². The molecule has 33 heavy (non-hydrogen) atoms. The number of hydrogen-bond donors (Lipinski definition) is 1. The number of carbonyl (C=O) groups excluding carboxylic acids is 2. The molecule has 11 heteroatoms. The smallest absolute Gasteiger partial charge is 0.416 e. The molecule has 0 aliphatic carbocycles. The third-order valence-electron chi connectivity index (χ3n) is 4.93. The maximum Gasteiger partial charge on any atom is 0.416 e. The standard InChI is InChI=1S/C22H22F3N3O3S2/c1-11(29)26-18-17(19-27-14-9-12(22(23,24)25)5-6-15(14)32-19)13-7-8-28(10-16(13)33-18)20(30)31-21(2,3)4/h5-6,9H,7-8,10H2,1-4H3,(H,26,29). The SMILES string of the molecule is CC(=O)Nc1sc2c(c1-c1nc3cc(C(F)(F)F)ccc3s1)CCN(C(=O)OC(C)(C)C)C2. The van der Waals surface area contributed by atoms with Crippen molar-refractivity contribution in [3.63, 3.8) is 0 Å². The number of benzene rings is 1. The van der Waals surface area contributed by atoms with Gasteiger partial charge in [-0.3, -0.25) is 4.79 Å². The van der Waals surface area contributed by atoms with Gasteiger partial charge in [0.25, 0.3) is 0 Å². The molecule has 0 spiro atoms. The van der Waals surface area contributed by atoms with Crippen LogP contribution in [0, 0.1) is 0 Å². The van der Waals surface area contributed by atoms with Gasteiger partial charge in [-0.2, -0.15) is 13.2 Å². The molecule has 1 aliphatic heterocycles. The van der Waals surface area contributed by atoms with E-state index in [0.29, 0.717) is 39.8 Å². The van der Waals surface area contributed by atoms with E-state index in [1.807, 2.05) is 0 Å². The van der Waals surface area contributed by atoms with Crippen molar-refractivity contribution >= 4 is 49.9 Å². The predicted molar refractivity (Wildman–Crippen MR) is 123 cm³/mol. The molecule has 1 aromatic carbocycles. The van der Waals surface area contributed by atoms with E-state index >= 15 is 0 Å². The van der Waals surface area contributed by atoms with Crippen LogP contribution in [-0.4, -0.2) is 34.0 Å². The van der Waals surface area contributed by atoms with Gasteiger partial charge >= 0.3 is 12.3 Å². The van der Waals surface area contributed by atoms with Crippen molar-refractivity contribution < 1.29 is 27.5 Å². The summed E-state index contributed by atoms with van der Waals surface area (Å²) in [5, 5.41) is 3.94. The highest BCUT2D eigenvalue weighted by Crippen LogP contribution is 2.46. The van der Waals surface area contributed by atoms with E-state index in [-0.39, 0.29) is 11.4 Å². The summed E-state index contributed by atoms with van der Waals surface area (Å²) in [5.74, 6) is -0.265. The number of hydrogen-bond acceptors (Lipinski definition) is 6. The molecule has 2 amide bonds. The Labute approximate surface area is 196 Å². The second-order valence-corrected chi connectivity index (χ2v) is 10.9. The highest BCUT2D eigenvalue weighted by Gasteiger charge is 2.33. The minimum Gasteiger partial charge on any atom is -0.444 e. The molecule has 0 fully saturated rings. The maximum atomic E-state index is 13.1. The summed E-state index contributed by atoms with van der Waals surface area (Å²) in [6.07, 6.45) is -4.35. The normalized spacial score (nSPS) is 14.3. The molecule has 0 saturated carbocycles. The summed E-state index contributed by atoms with van der Waals surface area (Å²) in [7, 11) is 0. The Kier molecular flexibility index (Phi) is 5.90. The number of fused-ring (bicyclic) bond motifs is 2. The van der Waals surface area contributed by atoms with E-state index < -0.39 is 23.4 Å². The minimum atomic E-state index is -4.45. The van der Waals surface area contributed by atoms with E-state index in [0.717, 1.165) is 22.6 Å². The second kappa shape index (κ2) is 8.28. The first kappa shape index (κ1) is 23.5. The predicted octanol–water partition coefficient (Wildman–Crippen LogP) is 6.30. The van der Waals surface area contributed by atoms with Crippen LogP contribution < -0.4 is 5.32 Å². The summed E-state index contributed by atoms with van der Waals surface area (Å²) in [4.78, 5) is 31.3. The number of nitrogens with zero attached hydrogens (tertiary/aromatic N) is 2.